The van der Waals surface area contributed by atoms with Crippen molar-refractivity contribution in [2.75, 3.05) is 0 Å². The molecule has 0 atom stereocenters. The molecule has 1 heterocycles. The highest BCUT2D eigenvalue weighted by Crippen LogP contribution is 2.29. The van der Waals surface area contributed by atoms with Crippen LogP contribution in [0.2, 0.25) is 0 Å². The van der Waals surface area contributed by atoms with Gasteiger partial charge in [-0.1, -0.05) is 43.3 Å². The summed E-state index contributed by atoms with van der Waals surface area (Å²) in [6, 6.07) is 15.1. The van der Waals surface area contributed by atoms with Crippen LogP contribution in [0, 0.1) is 0 Å². The molecule has 0 N–H and O–H groups in total. The molecule has 3 aromatic rings. The highest BCUT2D eigenvalue weighted by Gasteiger charge is 2.04. The molecule has 0 unspecified atom stereocenters. The Labute approximate surface area is 111 Å². The Kier molecular flexibility index (Phi) is 3.11. The van der Waals surface area contributed by atoms with Crippen LogP contribution in [-0.4, -0.2) is 4.98 Å². The van der Waals surface area contributed by atoms with Gasteiger partial charge in [-0.05, 0) is 35.2 Å². The van der Waals surface area contributed by atoms with Gasteiger partial charge in [0, 0.05) is 6.20 Å². The lowest BCUT2D eigenvalue weighted by Crippen LogP contribution is -1.76. The van der Waals surface area contributed by atoms with E-state index in [9.17, 15) is 0 Å². The highest BCUT2D eigenvalue weighted by molar-refractivity contribution is 7.15. The number of aromatic nitrogens is 1. The maximum atomic E-state index is 4.48. The molecular formula is C16H15NS. The Morgan fingerprint density at radius 1 is 1.06 bits per heavy atom. The van der Waals surface area contributed by atoms with E-state index in [0.29, 0.717) is 0 Å². The summed E-state index contributed by atoms with van der Waals surface area (Å²) in [5.41, 5.74) is 1.27. The van der Waals surface area contributed by atoms with Crippen LogP contribution in [0.25, 0.3) is 21.2 Å². The minimum atomic E-state index is 1.08. The molecule has 0 amide bonds. The van der Waals surface area contributed by atoms with E-state index in [1.54, 1.807) is 0 Å². The van der Waals surface area contributed by atoms with Crippen LogP contribution in [-0.2, 0) is 6.42 Å². The molecular weight excluding hydrogens is 238 g/mol. The summed E-state index contributed by atoms with van der Waals surface area (Å²) < 4.78 is 0. The summed E-state index contributed by atoms with van der Waals surface area (Å²) in [6.45, 7) is 2.19. The monoisotopic (exact) mass is 253 g/mol. The van der Waals surface area contributed by atoms with E-state index in [-0.39, 0.29) is 0 Å². The van der Waals surface area contributed by atoms with Crippen LogP contribution in [0.5, 0.6) is 0 Å². The molecule has 0 aliphatic rings. The molecule has 90 valence electrons. The lowest BCUT2D eigenvalue weighted by molar-refractivity contribution is 0.909. The van der Waals surface area contributed by atoms with E-state index in [4.69, 9.17) is 0 Å². The largest absolute Gasteiger partial charge is 0.249 e. The molecule has 18 heavy (non-hydrogen) atoms. The molecule has 0 aliphatic heterocycles. The highest BCUT2D eigenvalue weighted by atomic mass is 32.1. The molecule has 0 bridgehead atoms. The smallest absolute Gasteiger partial charge is 0.0931 e. The van der Waals surface area contributed by atoms with Crippen molar-refractivity contribution in [1.82, 2.24) is 4.98 Å². The van der Waals surface area contributed by atoms with Crippen molar-refractivity contribution in [2.45, 2.75) is 19.8 Å². The first-order valence-electron chi connectivity index (χ1n) is 6.30. The Morgan fingerprint density at radius 3 is 2.72 bits per heavy atom. The van der Waals surface area contributed by atoms with Gasteiger partial charge in [0.15, 0.2) is 0 Å². The number of benzene rings is 2. The van der Waals surface area contributed by atoms with Crippen molar-refractivity contribution in [3.63, 3.8) is 0 Å². The normalized spacial score (nSPS) is 10.9. The third-order valence-corrected chi connectivity index (χ3v) is 4.16. The first-order valence-corrected chi connectivity index (χ1v) is 7.12. The Hall–Kier alpha value is -1.67. The van der Waals surface area contributed by atoms with Gasteiger partial charge in [0.2, 0.25) is 0 Å². The second-order valence-electron chi connectivity index (χ2n) is 4.43. The van der Waals surface area contributed by atoms with Crippen LogP contribution in [0.15, 0.2) is 48.7 Å². The minimum absolute atomic E-state index is 1.08. The van der Waals surface area contributed by atoms with Crippen LogP contribution in [0.1, 0.15) is 18.4 Å². The van der Waals surface area contributed by atoms with Gasteiger partial charge in [0.1, 0.15) is 0 Å². The maximum absolute atomic E-state index is 4.48. The fourth-order valence-corrected chi connectivity index (χ4v) is 3.13. The maximum Gasteiger partial charge on any atom is 0.0931 e. The predicted octanol–water partition coefficient (Wildman–Crippen LogP) is 4.92. The average Bonchev–Trinajstić information content (AvgIpc) is 2.87. The van der Waals surface area contributed by atoms with E-state index in [1.807, 2.05) is 17.5 Å². The molecule has 0 aliphatic carbocycles. The van der Waals surface area contributed by atoms with Crippen molar-refractivity contribution in [3.8, 4) is 10.4 Å². The van der Waals surface area contributed by atoms with Crippen LogP contribution < -0.4 is 0 Å². The van der Waals surface area contributed by atoms with Gasteiger partial charge < -0.3 is 0 Å². The molecule has 0 radical (unpaired) electrons. The molecule has 3 rings (SSSR count). The number of nitrogens with zero attached hydrogens (tertiary/aromatic N) is 1. The SMILES string of the molecule is CCCc1ncc(-c2ccc3ccccc3c2)s1. The Morgan fingerprint density at radius 2 is 1.89 bits per heavy atom. The topological polar surface area (TPSA) is 12.9 Å². The summed E-state index contributed by atoms with van der Waals surface area (Å²) >= 11 is 1.81. The van der Waals surface area contributed by atoms with Crippen LogP contribution >= 0.6 is 11.3 Å². The first-order chi connectivity index (χ1) is 8.86. The zero-order valence-electron chi connectivity index (χ0n) is 10.4. The number of hydrogen-bond acceptors (Lipinski definition) is 2. The third-order valence-electron chi connectivity index (χ3n) is 3.05. The van der Waals surface area contributed by atoms with Crippen LogP contribution in [0.4, 0.5) is 0 Å². The van der Waals surface area contributed by atoms with Gasteiger partial charge in [0.25, 0.3) is 0 Å². The van der Waals surface area contributed by atoms with Crippen molar-refractivity contribution < 1.29 is 0 Å². The molecule has 1 nitrogen and oxygen atoms in total. The fourth-order valence-electron chi connectivity index (χ4n) is 2.12. The zero-order valence-corrected chi connectivity index (χ0v) is 11.2. The molecule has 1 aromatic heterocycles. The van der Waals surface area contributed by atoms with E-state index in [0.717, 1.165) is 12.8 Å². The van der Waals surface area contributed by atoms with Crippen molar-refractivity contribution >= 4 is 22.1 Å². The van der Waals surface area contributed by atoms with Gasteiger partial charge in [-0.25, -0.2) is 4.98 Å². The van der Waals surface area contributed by atoms with Gasteiger partial charge >= 0.3 is 0 Å². The summed E-state index contributed by atoms with van der Waals surface area (Å²) in [6.07, 6.45) is 4.24. The second kappa shape index (κ2) is 4.91. The minimum Gasteiger partial charge on any atom is -0.249 e. The van der Waals surface area contributed by atoms with Gasteiger partial charge in [-0.15, -0.1) is 11.3 Å². The summed E-state index contributed by atoms with van der Waals surface area (Å²) in [5, 5.41) is 3.82. The van der Waals surface area contributed by atoms with Crippen molar-refractivity contribution in [3.05, 3.63) is 53.7 Å². The number of rotatable bonds is 3. The summed E-state index contributed by atoms with van der Waals surface area (Å²) in [5.74, 6) is 0. The van der Waals surface area contributed by atoms with E-state index >= 15 is 0 Å². The molecule has 2 aromatic carbocycles. The fraction of sp³-hybridized carbons (Fsp3) is 0.188. The molecule has 0 fully saturated rings. The molecule has 0 saturated carbocycles. The van der Waals surface area contributed by atoms with Crippen molar-refractivity contribution in [2.24, 2.45) is 0 Å². The second-order valence-corrected chi connectivity index (χ2v) is 5.55. The summed E-state index contributed by atoms with van der Waals surface area (Å²) in [4.78, 5) is 5.75. The number of thiazole rings is 1. The molecule has 0 spiro atoms. The Bertz CT molecular complexity index is 669. The van der Waals surface area contributed by atoms with Crippen molar-refractivity contribution in [1.29, 1.82) is 0 Å². The number of fused-ring (bicyclic) bond motifs is 1. The van der Waals surface area contributed by atoms with Crippen LogP contribution in [0.3, 0.4) is 0 Å². The zero-order chi connectivity index (χ0) is 12.4. The van der Waals surface area contributed by atoms with Gasteiger partial charge in [-0.2, -0.15) is 0 Å². The Balaban J connectivity index is 2.02. The first kappa shape index (κ1) is 11.4. The number of hydrogen-bond donors (Lipinski definition) is 0. The lowest BCUT2D eigenvalue weighted by atomic mass is 10.1. The average molecular weight is 253 g/mol. The standard InChI is InChI=1S/C16H15NS/c1-2-5-16-17-11-15(18-16)14-9-8-12-6-3-4-7-13(12)10-14/h3-4,6-11H,2,5H2,1H3. The summed E-state index contributed by atoms with van der Waals surface area (Å²) in [7, 11) is 0. The van der Waals surface area contributed by atoms with Gasteiger partial charge in [0.05, 0.1) is 9.88 Å². The lowest BCUT2D eigenvalue weighted by Gasteiger charge is -2.00. The quantitative estimate of drug-likeness (QED) is 0.646. The molecule has 0 saturated heterocycles. The molecule has 2 heteroatoms. The predicted molar refractivity (Wildman–Crippen MR) is 79.1 cm³/mol. The third kappa shape index (κ3) is 2.16. The van der Waals surface area contributed by atoms with E-state index in [1.165, 1.54) is 26.2 Å². The van der Waals surface area contributed by atoms with Gasteiger partial charge in [-0.3, -0.25) is 0 Å². The number of aryl methyl sites for hydroxylation is 1. The van der Waals surface area contributed by atoms with E-state index in [2.05, 4.69) is 54.4 Å². The van der Waals surface area contributed by atoms with E-state index < -0.39 is 0 Å².